The number of fused-ring (bicyclic) bond motifs is 1. The third-order valence-corrected chi connectivity index (χ3v) is 2.89. The first kappa shape index (κ1) is 12.8. The molecule has 2 rings (SSSR count). The summed E-state index contributed by atoms with van der Waals surface area (Å²) in [6, 6.07) is 2.27. The number of nitrogens with one attached hydrogen (secondary N) is 1. The Kier molecular flexibility index (Phi) is 3.26. The van der Waals surface area contributed by atoms with E-state index in [0.717, 1.165) is 17.0 Å². The number of nitrogens with zero attached hydrogens (tertiary/aromatic N) is 3. The van der Waals surface area contributed by atoms with Crippen LogP contribution in [0.3, 0.4) is 0 Å². The molecule has 2 heterocycles. The summed E-state index contributed by atoms with van der Waals surface area (Å²) in [7, 11) is 0. The number of hydrogen-bond donors (Lipinski definition) is 2. The second-order valence-corrected chi connectivity index (χ2v) is 5.67. The van der Waals surface area contributed by atoms with Gasteiger partial charge in [-0.05, 0) is 13.0 Å². The molecule has 0 saturated carbocycles. The minimum Gasteiger partial charge on any atom is -0.365 e. The molecule has 2 aromatic heterocycles. The monoisotopic (exact) mass is 247 g/mol. The van der Waals surface area contributed by atoms with Crippen LogP contribution in [0, 0.1) is 0 Å². The first-order chi connectivity index (χ1) is 8.41. The normalized spacial score (nSPS) is 13.8. The summed E-state index contributed by atoms with van der Waals surface area (Å²) in [5.74, 6) is 0.832. The second-order valence-electron chi connectivity index (χ2n) is 5.67. The van der Waals surface area contributed by atoms with E-state index < -0.39 is 0 Å². The average Bonchev–Trinajstić information content (AvgIpc) is 2.73. The summed E-state index contributed by atoms with van der Waals surface area (Å²) in [4.78, 5) is 4.36. The Morgan fingerprint density at radius 2 is 2.17 bits per heavy atom. The molecule has 0 aliphatic carbocycles. The molecule has 1 atom stereocenters. The highest BCUT2D eigenvalue weighted by Crippen LogP contribution is 2.24. The highest BCUT2D eigenvalue weighted by atomic mass is 15.2. The molecule has 18 heavy (non-hydrogen) atoms. The standard InChI is InChI=1S/C13H21N5/c1-9(8-14)16-12-10-7-11(13(2,3)4)17-18(10)6-5-15-12/h5-7,9H,8,14H2,1-4H3,(H,15,16). The Balaban J connectivity index is 2.46. The van der Waals surface area contributed by atoms with E-state index >= 15 is 0 Å². The van der Waals surface area contributed by atoms with Gasteiger partial charge in [-0.2, -0.15) is 5.10 Å². The number of hydrogen-bond acceptors (Lipinski definition) is 4. The van der Waals surface area contributed by atoms with E-state index in [1.165, 1.54) is 0 Å². The Morgan fingerprint density at radius 1 is 1.44 bits per heavy atom. The van der Waals surface area contributed by atoms with Crippen LogP contribution in [0.5, 0.6) is 0 Å². The quantitative estimate of drug-likeness (QED) is 0.867. The molecule has 1 unspecified atom stereocenters. The molecule has 5 heteroatoms. The Hall–Kier alpha value is -1.62. The molecule has 0 bridgehead atoms. The number of aromatic nitrogens is 3. The molecule has 0 aromatic carbocycles. The summed E-state index contributed by atoms with van der Waals surface area (Å²) >= 11 is 0. The molecule has 0 saturated heterocycles. The largest absolute Gasteiger partial charge is 0.365 e. The molecule has 0 amide bonds. The van der Waals surface area contributed by atoms with Crippen LogP contribution >= 0.6 is 0 Å². The van der Waals surface area contributed by atoms with Crippen molar-refractivity contribution >= 4 is 11.3 Å². The van der Waals surface area contributed by atoms with Gasteiger partial charge in [0.2, 0.25) is 0 Å². The zero-order chi connectivity index (χ0) is 13.3. The van der Waals surface area contributed by atoms with Crippen LogP contribution < -0.4 is 11.1 Å². The molecule has 0 aliphatic rings. The Bertz CT molecular complexity index is 538. The van der Waals surface area contributed by atoms with Crippen molar-refractivity contribution in [1.82, 2.24) is 14.6 Å². The third kappa shape index (κ3) is 2.46. The van der Waals surface area contributed by atoms with E-state index in [4.69, 9.17) is 5.73 Å². The maximum absolute atomic E-state index is 5.63. The SMILES string of the molecule is CC(CN)Nc1nccn2nc(C(C)(C)C)cc12. The predicted molar refractivity (Wildman–Crippen MR) is 73.8 cm³/mol. The van der Waals surface area contributed by atoms with E-state index in [1.54, 1.807) is 6.20 Å². The number of nitrogens with two attached hydrogens (primary N) is 1. The maximum atomic E-state index is 5.63. The van der Waals surface area contributed by atoms with Crippen molar-refractivity contribution in [3.8, 4) is 0 Å². The van der Waals surface area contributed by atoms with Gasteiger partial charge in [-0.3, -0.25) is 0 Å². The van der Waals surface area contributed by atoms with Crippen molar-refractivity contribution < 1.29 is 0 Å². The lowest BCUT2D eigenvalue weighted by atomic mass is 9.92. The molecule has 0 fully saturated rings. The molecule has 0 aliphatic heterocycles. The minimum atomic E-state index is 0.0305. The zero-order valence-electron chi connectivity index (χ0n) is 11.4. The van der Waals surface area contributed by atoms with Crippen LogP contribution in [0.1, 0.15) is 33.4 Å². The van der Waals surface area contributed by atoms with Gasteiger partial charge in [0.25, 0.3) is 0 Å². The van der Waals surface area contributed by atoms with Gasteiger partial charge in [0.1, 0.15) is 5.52 Å². The molecule has 0 radical (unpaired) electrons. The van der Waals surface area contributed by atoms with Crippen LogP contribution in [0.15, 0.2) is 18.5 Å². The summed E-state index contributed by atoms with van der Waals surface area (Å²) in [5.41, 5.74) is 7.70. The lowest BCUT2D eigenvalue weighted by molar-refractivity contribution is 0.562. The number of anilines is 1. The van der Waals surface area contributed by atoms with Crippen molar-refractivity contribution in [3.63, 3.8) is 0 Å². The van der Waals surface area contributed by atoms with E-state index in [-0.39, 0.29) is 11.5 Å². The lowest BCUT2D eigenvalue weighted by Gasteiger charge is -2.13. The van der Waals surface area contributed by atoms with Crippen molar-refractivity contribution in [1.29, 1.82) is 0 Å². The van der Waals surface area contributed by atoms with E-state index in [1.807, 2.05) is 17.6 Å². The summed E-state index contributed by atoms with van der Waals surface area (Å²) < 4.78 is 1.86. The van der Waals surface area contributed by atoms with Gasteiger partial charge in [-0.25, -0.2) is 9.50 Å². The van der Waals surface area contributed by atoms with Crippen molar-refractivity contribution in [3.05, 3.63) is 24.2 Å². The van der Waals surface area contributed by atoms with Crippen LogP contribution in [0.25, 0.3) is 5.52 Å². The number of rotatable bonds is 3. The minimum absolute atomic E-state index is 0.0305. The fourth-order valence-electron chi connectivity index (χ4n) is 1.69. The smallest absolute Gasteiger partial charge is 0.152 e. The maximum Gasteiger partial charge on any atom is 0.152 e. The average molecular weight is 247 g/mol. The molecule has 98 valence electrons. The molecule has 5 nitrogen and oxygen atoms in total. The van der Waals surface area contributed by atoms with E-state index in [0.29, 0.717) is 6.54 Å². The van der Waals surface area contributed by atoms with E-state index in [9.17, 15) is 0 Å². The van der Waals surface area contributed by atoms with Crippen molar-refractivity contribution in [2.45, 2.75) is 39.2 Å². The second kappa shape index (κ2) is 4.57. The topological polar surface area (TPSA) is 68.2 Å². The zero-order valence-corrected chi connectivity index (χ0v) is 11.4. The Morgan fingerprint density at radius 3 is 2.78 bits per heavy atom. The van der Waals surface area contributed by atoms with Gasteiger partial charge in [0, 0.05) is 30.4 Å². The van der Waals surface area contributed by atoms with Gasteiger partial charge < -0.3 is 11.1 Å². The summed E-state index contributed by atoms with van der Waals surface area (Å²) in [6.45, 7) is 9.06. The highest BCUT2D eigenvalue weighted by molar-refractivity contribution is 5.68. The molecular formula is C13H21N5. The fourth-order valence-corrected chi connectivity index (χ4v) is 1.69. The van der Waals surface area contributed by atoms with Crippen molar-refractivity contribution in [2.75, 3.05) is 11.9 Å². The van der Waals surface area contributed by atoms with Crippen LogP contribution in [0.4, 0.5) is 5.82 Å². The molecular weight excluding hydrogens is 226 g/mol. The van der Waals surface area contributed by atoms with E-state index in [2.05, 4.69) is 42.2 Å². The van der Waals surface area contributed by atoms with Gasteiger partial charge in [0.15, 0.2) is 5.82 Å². The third-order valence-electron chi connectivity index (χ3n) is 2.89. The molecule has 0 spiro atoms. The van der Waals surface area contributed by atoms with Gasteiger partial charge in [0.05, 0.1) is 5.69 Å². The highest BCUT2D eigenvalue weighted by Gasteiger charge is 2.19. The van der Waals surface area contributed by atoms with Crippen LogP contribution in [0.2, 0.25) is 0 Å². The first-order valence-corrected chi connectivity index (χ1v) is 6.23. The van der Waals surface area contributed by atoms with Gasteiger partial charge >= 0.3 is 0 Å². The molecule has 3 N–H and O–H groups in total. The fraction of sp³-hybridized carbons (Fsp3) is 0.538. The lowest BCUT2D eigenvalue weighted by Crippen LogP contribution is -2.25. The molecule has 2 aromatic rings. The summed E-state index contributed by atoms with van der Waals surface area (Å²) in [6.07, 6.45) is 3.61. The van der Waals surface area contributed by atoms with Gasteiger partial charge in [-0.15, -0.1) is 0 Å². The van der Waals surface area contributed by atoms with Crippen LogP contribution in [-0.4, -0.2) is 27.2 Å². The summed E-state index contributed by atoms with van der Waals surface area (Å²) in [5, 5.41) is 7.89. The van der Waals surface area contributed by atoms with Gasteiger partial charge in [-0.1, -0.05) is 20.8 Å². The predicted octanol–water partition coefficient (Wildman–Crippen LogP) is 1.79. The van der Waals surface area contributed by atoms with Crippen LogP contribution in [-0.2, 0) is 5.41 Å². The first-order valence-electron chi connectivity index (χ1n) is 6.23. The Labute approximate surface area is 107 Å². The van der Waals surface area contributed by atoms with Crippen molar-refractivity contribution in [2.24, 2.45) is 5.73 Å².